The molecule has 1 heterocycles. The van der Waals surface area contributed by atoms with E-state index in [-0.39, 0.29) is 11.9 Å². The molecule has 1 amide bonds. The van der Waals surface area contributed by atoms with Crippen molar-refractivity contribution < 1.29 is 14.3 Å². The van der Waals surface area contributed by atoms with Crippen LogP contribution in [0.1, 0.15) is 38.2 Å². The Bertz CT molecular complexity index is 682. The average molecular weight is 311 g/mol. The van der Waals surface area contributed by atoms with Crippen LogP contribution in [0.25, 0.3) is 6.08 Å². The van der Waals surface area contributed by atoms with Gasteiger partial charge in [0.1, 0.15) is 0 Å². The SMILES string of the molecule is COC(=O)C1=C(C)N(C2CCCC2)C(=O)/C1=C\c1ccccc1. The molecule has 0 N–H and O–H groups in total. The molecule has 0 saturated heterocycles. The molecule has 23 heavy (non-hydrogen) atoms. The first-order valence-electron chi connectivity index (χ1n) is 8.03. The van der Waals surface area contributed by atoms with E-state index in [1.165, 1.54) is 7.11 Å². The zero-order chi connectivity index (χ0) is 16.4. The Labute approximate surface area is 136 Å². The second kappa shape index (κ2) is 6.41. The zero-order valence-electron chi connectivity index (χ0n) is 13.5. The Morgan fingerprint density at radius 3 is 2.48 bits per heavy atom. The number of allylic oxidation sites excluding steroid dienone is 1. The van der Waals surface area contributed by atoms with Gasteiger partial charge < -0.3 is 9.64 Å². The van der Waals surface area contributed by atoms with Crippen molar-refractivity contribution in [3.63, 3.8) is 0 Å². The Morgan fingerprint density at radius 1 is 1.22 bits per heavy atom. The molecule has 0 spiro atoms. The summed E-state index contributed by atoms with van der Waals surface area (Å²) in [5.41, 5.74) is 2.45. The van der Waals surface area contributed by atoms with Crippen LogP contribution in [0, 0.1) is 0 Å². The fourth-order valence-electron chi connectivity index (χ4n) is 3.52. The number of carbonyl (C=O) groups excluding carboxylic acids is 2. The van der Waals surface area contributed by atoms with Crippen LogP contribution in [0.5, 0.6) is 0 Å². The lowest BCUT2D eigenvalue weighted by atomic mass is 10.0. The molecule has 3 rings (SSSR count). The number of carbonyl (C=O) groups is 2. The lowest BCUT2D eigenvalue weighted by Gasteiger charge is -2.25. The second-order valence-electron chi connectivity index (χ2n) is 6.03. The molecule has 0 atom stereocenters. The molecular formula is C19H21NO3. The number of rotatable bonds is 3. The van der Waals surface area contributed by atoms with E-state index in [9.17, 15) is 9.59 Å². The molecule has 0 radical (unpaired) electrons. The van der Waals surface area contributed by atoms with Gasteiger partial charge in [0.15, 0.2) is 0 Å². The van der Waals surface area contributed by atoms with Gasteiger partial charge in [-0.1, -0.05) is 43.2 Å². The highest BCUT2D eigenvalue weighted by Crippen LogP contribution is 2.37. The van der Waals surface area contributed by atoms with Gasteiger partial charge in [0, 0.05) is 11.7 Å². The number of hydrogen-bond donors (Lipinski definition) is 0. The maximum Gasteiger partial charge on any atom is 0.340 e. The van der Waals surface area contributed by atoms with Crippen LogP contribution in [0.2, 0.25) is 0 Å². The Morgan fingerprint density at radius 2 is 1.87 bits per heavy atom. The van der Waals surface area contributed by atoms with Crippen LogP contribution >= 0.6 is 0 Å². The summed E-state index contributed by atoms with van der Waals surface area (Å²) in [4.78, 5) is 27.0. The van der Waals surface area contributed by atoms with Gasteiger partial charge in [-0.05, 0) is 31.4 Å². The van der Waals surface area contributed by atoms with Gasteiger partial charge in [0.05, 0.1) is 18.3 Å². The summed E-state index contributed by atoms with van der Waals surface area (Å²) in [7, 11) is 1.35. The average Bonchev–Trinajstić information content (AvgIpc) is 3.16. The smallest absolute Gasteiger partial charge is 0.340 e. The first-order chi connectivity index (χ1) is 11.1. The van der Waals surface area contributed by atoms with Crippen molar-refractivity contribution in [3.8, 4) is 0 Å². The molecule has 4 nitrogen and oxygen atoms in total. The van der Waals surface area contributed by atoms with Crippen LogP contribution in [0.15, 0.2) is 47.2 Å². The van der Waals surface area contributed by atoms with Crippen LogP contribution in [0.4, 0.5) is 0 Å². The molecular weight excluding hydrogens is 290 g/mol. The molecule has 120 valence electrons. The standard InChI is InChI=1S/C19H21NO3/c1-13-17(19(22)23-2)16(12-14-8-4-3-5-9-14)18(21)20(13)15-10-6-7-11-15/h3-5,8-9,12,15H,6-7,10-11H2,1-2H3/b16-12-. The van der Waals surface area contributed by atoms with Gasteiger partial charge >= 0.3 is 5.97 Å². The molecule has 1 fully saturated rings. The third kappa shape index (κ3) is 2.81. The third-order valence-corrected chi connectivity index (χ3v) is 4.63. The minimum absolute atomic E-state index is 0.0846. The van der Waals surface area contributed by atoms with Crippen molar-refractivity contribution in [2.24, 2.45) is 0 Å². The highest BCUT2D eigenvalue weighted by molar-refractivity contribution is 6.16. The van der Waals surface area contributed by atoms with Crippen LogP contribution in [-0.2, 0) is 14.3 Å². The van der Waals surface area contributed by atoms with Crippen LogP contribution in [0.3, 0.4) is 0 Å². The Kier molecular flexibility index (Phi) is 4.33. The van der Waals surface area contributed by atoms with Crippen molar-refractivity contribution in [3.05, 3.63) is 52.7 Å². The summed E-state index contributed by atoms with van der Waals surface area (Å²) < 4.78 is 4.92. The lowest BCUT2D eigenvalue weighted by Crippen LogP contribution is -2.34. The first kappa shape index (κ1) is 15.5. The maximum absolute atomic E-state index is 12.9. The number of ether oxygens (including phenoxy) is 1. The van der Waals surface area contributed by atoms with Crippen molar-refractivity contribution in [1.29, 1.82) is 0 Å². The van der Waals surface area contributed by atoms with E-state index in [0.717, 1.165) is 36.9 Å². The molecule has 1 aromatic carbocycles. The molecule has 1 aliphatic heterocycles. The van der Waals surface area contributed by atoms with Gasteiger partial charge in [-0.3, -0.25) is 4.79 Å². The van der Waals surface area contributed by atoms with E-state index in [0.29, 0.717) is 11.1 Å². The van der Waals surface area contributed by atoms with E-state index in [1.54, 1.807) is 11.0 Å². The van der Waals surface area contributed by atoms with Crippen molar-refractivity contribution >= 4 is 18.0 Å². The number of nitrogens with zero attached hydrogens (tertiary/aromatic N) is 1. The third-order valence-electron chi connectivity index (χ3n) is 4.63. The fourth-order valence-corrected chi connectivity index (χ4v) is 3.52. The van der Waals surface area contributed by atoms with Gasteiger partial charge in [0.25, 0.3) is 5.91 Å². The maximum atomic E-state index is 12.9. The molecule has 2 aliphatic rings. The predicted molar refractivity (Wildman–Crippen MR) is 88.2 cm³/mol. The van der Waals surface area contributed by atoms with Gasteiger partial charge in [0.2, 0.25) is 0 Å². The summed E-state index contributed by atoms with van der Waals surface area (Å²) in [6.45, 7) is 1.84. The monoisotopic (exact) mass is 311 g/mol. The summed E-state index contributed by atoms with van der Waals surface area (Å²) in [5, 5.41) is 0. The summed E-state index contributed by atoms with van der Waals surface area (Å²) >= 11 is 0. The molecule has 1 saturated carbocycles. The molecule has 1 aromatic rings. The normalized spacial score (nSPS) is 20.7. The number of amides is 1. The highest BCUT2D eigenvalue weighted by Gasteiger charge is 2.40. The van der Waals surface area contributed by atoms with Gasteiger partial charge in [-0.15, -0.1) is 0 Å². The molecule has 0 unspecified atom stereocenters. The molecule has 4 heteroatoms. The summed E-state index contributed by atoms with van der Waals surface area (Å²) in [6.07, 6.45) is 6.04. The topological polar surface area (TPSA) is 46.6 Å². The van der Waals surface area contributed by atoms with E-state index < -0.39 is 5.97 Å². The van der Waals surface area contributed by atoms with Crippen LogP contribution in [-0.4, -0.2) is 29.9 Å². The highest BCUT2D eigenvalue weighted by atomic mass is 16.5. The zero-order valence-corrected chi connectivity index (χ0v) is 13.5. The van der Waals surface area contributed by atoms with Gasteiger partial charge in [-0.2, -0.15) is 0 Å². The summed E-state index contributed by atoms with van der Waals surface area (Å²) in [5.74, 6) is -0.530. The van der Waals surface area contributed by atoms with Gasteiger partial charge in [-0.25, -0.2) is 4.79 Å². The van der Waals surface area contributed by atoms with Crippen LogP contribution < -0.4 is 0 Å². The predicted octanol–water partition coefficient (Wildman–Crippen LogP) is 3.30. The van der Waals surface area contributed by atoms with E-state index in [1.807, 2.05) is 37.3 Å². The van der Waals surface area contributed by atoms with E-state index in [4.69, 9.17) is 4.74 Å². The number of hydrogen-bond acceptors (Lipinski definition) is 3. The Balaban J connectivity index is 2.05. The minimum atomic E-state index is -0.446. The number of esters is 1. The fraction of sp³-hybridized carbons (Fsp3) is 0.368. The van der Waals surface area contributed by atoms with Crippen molar-refractivity contribution in [1.82, 2.24) is 4.90 Å². The minimum Gasteiger partial charge on any atom is -0.465 e. The largest absolute Gasteiger partial charge is 0.465 e. The van der Waals surface area contributed by atoms with Crippen molar-refractivity contribution in [2.75, 3.05) is 7.11 Å². The summed E-state index contributed by atoms with van der Waals surface area (Å²) in [6, 6.07) is 9.78. The Hall–Kier alpha value is -2.36. The van der Waals surface area contributed by atoms with Crippen molar-refractivity contribution in [2.45, 2.75) is 38.6 Å². The van der Waals surface area contributed by atoms with E-state index in [2.05, 4.69) is 0 Å². The molecule has 1 aliphatic carbocycles. The second-order valence-corrected chi connectivity index (χ2v) is 6.03. The molecule has 0 aromatic heterocycles. The first-order valence-corrected chi connectivity index (χ1v) is 8.03. The number of benzene rings is 1. The van der Waals surface area contributed by atoms with E-state index >= 15 is 0 Å². The lowest BCUT2D eigenvalue weighted by molar-refractivity contribution is -0.136. The number of methoxy groups -OCH3 is 1. The molecule has 0 bridgehead atoms. The quantitative estimate of drug-likeness (QED) is 0.635.